The molecular formula is C20H22N8OS. The minimum atomic E-state index is -0.189. The summed E-state index contributed by atoms with van der Waals surface area (Å²) in [6.45, 7) is 7.85. The number of aromatic nitrogens is 4. The standard InChI is InChI=1S/C20H22N8OS/c1-13-20(30-15(3)25-13)18(21)8-9-23-14(2)26-16-4-6-17(7-5-16)27-19(29)10-28-12-22-11-24-28/h4-9,11-12,26H,2,10,21H2,1,3H3,(H,27,29)/b18-8-,23-9-. The maximum Gasteiger partial charge on any atom is 0.246 e. The molecule has 0 atom stereocenters. The topological polar surface area (TPSA) is 123 Å². The molecule has 30 heavy (non-hydrogen) atoms. The minimum Gasteiger partial charge on any atom is -0.397 e. The largest absolute Gasteiger partial charge is 0.397 e. The first-order valence-corrected chi connectivity index (χ1v) is 9.85. The van der Waals surface area contributed by atoms with Crippen LogP contribution in [-0.2, 0) is 11.3 Å². The molecule has 1 aromatic carbocycles. The number of amides is 1. The Kier molecular flexibility index (Phi) is 6.71. The monoisotopic (exact) mass is 422 g/mol. The van der Waals surface area contributed by atoms with Gasteiger partial charge in [-0.3, -0.25) is 4.79 Å². The summed E-state index contributed by atoms with van der Waals surface area (Å²) in [6, 6.07) is 7.20. The molecule has 3 aromatic rings. The van der Waals surface area contributed by atoms with Crippen LogP contribution in [0.1, 0.15) is 15.6 Å². The van der Waals surface area contributed by atoms with Gasteiger partial charge in [0.05, 0.1) is 21.3 Å². The van der Waals surface area contributed by atoms with Crippen LogP contribution in [0.5, 0.6) is 0 Å². The number of aliphatic imine (C=N–C) groups is 1. The van der Waals surface area contributed by atoms with E-state index in [9.17, 15) is 4.79 Å². The van der Waals surface area contributed by atoms with E-state index in [1.165, 1.54) is 17.3 Å². The lowest BCUT2D eigenvalue weighted by Gasteiger charge is -2.08. The zero-order valence-electron chi connectivity index (χ0n) is 16.7. The fourth-order valence-corrected chi connectivity index (χ4v) is 3.44. The van der Waals surface area contributed by atoms with Gasteiger partial charge in [-0.05, 0) is 44.2 Å². The molecule has 4 N–H and O–H groups in total. The molecule has 0 fully saturated rings. The lowest BCUT2D eigenvalue weighted by atomic mass is 10.2. The van der Waals surface area contributed by atoms with Crippen LogP contribution in [0.3, 0.4) is 0 Å². The Labute approximate surface area is 178 Å². The number of aryl methyl sites for hydroxylation is 2. The number of hydrogen-bond donors (Lipinski definition) is 3. The lowest BCUT2D eigenvalue weighted by Crippen LogP contribution is -2.18. The molecule has 0 aliphatic carbocycles. The van der Waals surface area contributed by atoms with Crippen molar-refractivity contribution in [2.45, 2.75) is 20.4 Å². The highest BCUT2D eigenvalue weighted by atomic mass is 32.1. The van der Waals surface area contributed by atoms with Crippen molar-refractivity contribution < 1.29 is 4.79 Å². The summed E-state index contributed by atoms with van der Waals surface area (Å²) in [4.78, 5) is 25.3. The van der Waals surface area contributed by atoms with E-state index in [4.69, 9.17) is 5.73 Å². The Hall–Kier alpha value is -3.79. The number of allylic oxidation sites excluding steroid dienone is 1. The van der Waals surface area contributed by atoms with Gasteiger partial charge in [-0.25, -0.2) is 19.6 Å². The maximum absolute atomic E-state index is 12.0. The number of carbonyl (C=O) groups is 1. The van der Waals surface area contributed by atoms with Gasteiger partial charge in [0.15, 0.2) is 0 Å². The molecule has 9 nitrogen and oxygen atoms in total. The van der Waals surface area contributed by atoms with Crippen LogP contribution in [0, 0.1) is 13.8 Å². The molecule has 3 rings (SSSR count). The van der Waals surface area contributed by atoms with Gasteiger partial charge in [-0.1, -0.05) is 6.58 Å². The van der Waals surface area contributed by atoms with Crippen molar-refractivity contribution in [3.05, 3.63) is 71.0 Å². The molecule has 0 bridgehead atoms. The number of thiazole rings is 1. The van der Waals surface area contributed by atoms with E-state index in [0.29, 0.717) is 17.2 Å². The van der Waals surface area contributed by atoms with Gasteiger partial charge in [-0.15, -0.1) is 11.3 Å². The van der Waals surface area contributed by atoms with Crippen molar-refractivity contribution in [3.63, 3.8) is 0 Å². The molecule has 0 radical (unpaired) electrons. The highest BCUT2D eigenvalue weighted by molar-refractivity contribution is 7.12. The molecule has 2 heterocycles. The maximum atomic E-state index is 12.0. The quantitative estimate of drug-likeness (QED) is 0.480. The van der Waals surface area contributed by atoms with Gasteiger partial charge in [0.25, 0.3) is 0 Å². The number of carbonyl (C=O) groups excluding carboxylic acids is 1. The van der Waals surface area contributed by atoms with Crippen molar-refractivity contribution >= 4 is 40.5 Å². The first-order chi connectivity index (χ1) is 14.4. The Balaban J connectivity index is 1.51. The van der Waals surface area contributed by atoms with Crippen LogP contribution in [0.25, 0.3) is 5.70 Å². The fraction of sp³-hybridized carbons (Fsp3) is 0.150. The second kappa shape index (κ2) is 9.61. The third-order valence-corrected chi connectivity index (χ3v) is 5.00. The molecule has 1 amide bonds. The Bertz CT molecular complexity index is 1080. The zero-order chi connectivity index (χ0) is 21.5. The lowest BCUT2D eigenvalue weighted by molar-refractivity contribution is -0.116. The van der Waals surface area contributed by atoms with Crippen molar-refractivity contribution in [1.82, 2.24) is 19.7 Å². The fourth-order valence-electron chi connectivity index (χ4n) is 2.58. The minimum absolute atomic E-state index is 0.1000. The van der Waals surface area contributed by atoms with Crippen molar-refractivity contribution in [2.24, 2.45) is 10.7 Å². The van der Waals surface area contributed by atoms with E-state index in [1.54, 1.807) is 35.8 Å². The molecule has 10 heteroatoms. The third-order valence-electron chi connectivity index (χ3n) is 3.88. The van der Waals surface area contributed by atoms with Gasteiger partial charge < -0.3 is 16.4 Å². The van der Waals surface area contributed by atoms with E-state index in [0.717, 1.165) is 21.3 Å². The van der Waals surface area contributed by atoms with Crippen LogP contribution in [0.2, 0.25) is 0 Å². The first-order valence-electron chi connectivity index (χ1n) is 9.03. The van der Waals surface area contributed by atoms with E-state index < -0.39 is 0 Å². The summed E-state index contributed by atoms with van der Waals surface area (Å²) in [7, 11) is 0. The Morgan fingerprint density at radius 2 is 1.97 bits per heavy atom. The van der Waals surface area contributed by atoms with Crippen LogP contribution >= 0.6 is 11.3 Å². The zero-order valence-corrected chi connectivity index (χ0v) is 17.5. The van der Waals surface area contributed by atoms with Gasteiger partial charge in [0, 0.05) is 17.6 Å². The molecule has 0 unspecified atom stereocenters. The number of anilines is 2. The average molecular weight is 423 g/mol. The molecule has 0 aliphatic rings. The summed E-state index contributed by atoms with van der Waals surface area (Å²) in [5, 5.41) is 10.7. The van der Waals surface area contributed by atoms with Crippen LogP contribution in [0.15, 0.2) is 60.4 Å². The highest BCUT2D eigenvalue weighted by Gasteiger charge is 2.06. The molecule has 0 spiro atoms. The predicted octanol–water partition coefficient (Wildman–Crippen LogP) is 2.94. The number of rotatable bonds is 8. The van der Waals surface area contributed by atoms with Gasteiger partial charge in [0.1, 0.15) is 25.0 Å². The Morgan fingerprint density at radius 1 is 1.27 bits per heavy atom. The van der Waals surface area contributed by atoms with Crippen LogP contribution in [0.4, 0.5) is 11.4 Å². The van der Waals surface area contributed by atoms with Crippen molar-refractivity contribution in [3.8, 4) is 0 Å². The second-order valence-corrected chi connectivity index (χ2v) is 7.54. The smallest absolute Gasteiger partial charge is 0.246 e. The number of nitrogens with two attached hydrogens (primary N) is 1. The molecule has 0 aliphatic heterocycles. The number of nitrogens with one attached hydrogen (secondary N) is 2. The van der Waals surface area contributed by atoms with E-state index in [1.807, 2.05) is 26.0 Å². The molecular weight excluding hydrogens is 400 g/mol. The number of benzene rings is 1. The number of nitrogens with zero attached hydrogens (tertiary/aromatic N) is 5. The summed E-state index contributed by atoms with van der Waals surface area (Å²) in [5.74, 6) is 0.269. The summed E-state index contributed by atoms with van der Waals surface area (Å²) >= 11 is 1.55. The molecule has 0 saturated heterocycles. The van der Waals surface area contributed by atoms with Gasteiger partial charge >= 0.3 is 0 Å². The van der Waals surface area contributed by atoms with Gasteiger partial charge in [-0.2, -0.15) is 5.10 Å². The highest BCUT2D eigenvalue weighted by Crippen LogP contribution is 2.22. The predicted molar refractivity (Wildman–Crippen MR) is 120 cm³/mol. The molecule has 154 valence electrons. The molecule has 2 aromatic heterocycles. The van der Waals surface area contributed by atoms with E-state index >= 15 is 0 Å². The summed E-state index contributed by atoms with van der Waals surface area (Å²) < 4.78 is 1.45. The normalized spacial score (nSPS) is 11.6. The first kappa shape index (κ1) is 20.9. The second-order valence-electron chi connectivity index (χ2n) is 6.34. The van der Waals surface area contributed by atoms with Crippen molar-refractivity contribution in [1.29, 1.82) is 0 Å². The number of hydrogen-bond acceptors (Lipinski definition) is 8. The summed E-state index contributed by atoms with van der Waals surface area (Å²) in [6.07, 6.45) is 6.19. The van der Waals surface area contributed by atoms with Crippen LogP contribution < -0.4 is 16.4 Å². The van der Waals surface area contributed by atoms with Crippen molar-refractivity contribution in [2.75, 3.05) is 10.6 Å². The average Bonchev–Trinajstić information content (AvgIpc) is 3.32. The van der Waals surface area contributed by atoms with Crippen LogP contribution in [-0.4, -0.2) is 31.9 Å². The summed E-state index contributed by atoms with van der Waals surface area (Å²) in [5.41, 5.74) is 9.07. The SMILES string of the molecule is C=C(/N=C\C=C(/N)c1sc(C)nc1C)Nc1ccc(NC(=O)Cn2cncn2)cc1. The molecule has 0 saturated carbocycles. The third kappa shape index (κ3) is 5.85. The Morgan fingerprint density at radius 3 is 2.57 bits per heavy atom. The van der Waals surface area contributed by atoms with Gasteiger partial charge in [0.2, 0.25) is 5.91 Å². The van der Waals surface area contributed by atoms with E-state index in [2.05, 4.69) is 37.3 Å². The van der Waals surface area contributed by atoms with E-state index in [-0.39, 0.29) is 12.5 Å².